The van der Waals surface area contributed by atoms with E-state index in [4.69, 9.17) is 5.11 Å². The third-order valence-corrected chi connectivity index (χ3v) is 3.80. The molecule has 0 spiro atoms. The molecule has 19 heavy (non-hydrogen) atoms. The van der Waals surface area contributed by atoms with Gasteiger partial charge in [0.1, 0.15) is 0 Å². The van der Waals surface area contributed by atoms with Gasteiger partial charge in [-0.3, -0.25) is 4.79 Å². The van der Waals surface area contributed by atoms with E-state index in [-0.39, 0.29) is 6.42 Å². The van der Waals surface area contributed by atoms with E-state index in [0.717, 1.165) is 37.1 Å². The zero-order valence-electron chi connectivity index (χ0n) is 11.1. The molecule has 102 valence electrons. The lowest BCUT2D eigenvalue weighted by Gasteiger charge is -2.30. The summed E-state index contributed by atoms with van der Waals surface area (Å²) in [5.41, 5.74) is 2.01. The fraction of sp³-hybridized carbons (Fsp3) is 0.467. The maximum Gasteiger partial charge on any atom is 0.372 e. The lowest BCUT2D eigenvalue weighted by atomic mass is 9.85. The van der Waals surface area contributed by atoms with Gasteiger partial charge in [0.05, 0.1) is 0 Å². The van der Waals surface area contributed by atoms with E-state index >= 15 is 0 Å². The summed E-state index contributed by atoms with van der Waals surface area (Å²) in [5.74, 6) is -1.65. The number of rotatable bonds is 4. The van der Waals surface area contributed by atoms with Crippen LogP contribution in [0.3, 0.4) is 0 Å². The Hall–Kier alpha value is -1.68. The summed E-state index contributed by atoms with van der Waals surface area (Å²) in [5, 5.41) is 8.72. The van der Waals surface area contributed by atoms with Crippen molar-refractivity contribution in [3.63, 3.8) is 0 Å². The topological polar surface area (TPSA) is 57.6 Å². The number of likely N-dealkylation sites (tertiary alicyclic amines) is 1. The average molecular weight is 261 g/mol. The predicted octanol–water partition coefficient (Wildman–Crippen LogP) is 1.69. The molecule has 0 atom stereocenters. The molecule has 0 aromatic heterocycles. The van der Waals surface area contributed by atoms with Gasteiger partial charge in [-0.2, -0.15) is 0 Å². The van der Waals surface area contributed by atoms with Crippen molar-refractivity contribution >= 4 is 11.8 Å². The average Bonchev–Trinajstić information content (AvgIpc) is 2.40. The number of nitrogens with zero attached hydrogens (tertiary/aromatic N) is 1. The molecule has 0 radical (unpaired) electrons. The molecule has 4 nitrogen and oxygen atoms in total. The highest BCUT2D eigenvalue weighted by Crippen LogP contribution is 2.30. The number of ketones is 1. The Morgan fingerprint density at radius 1 is 1.26 bits per heavy atom. The molecule has 1 aromatic rings. The third kappa shape index (κ3) is 3.41. The minimum absolute atomic E-state index is 0.00214. The first-order valence-electron chi connectivity index (χ1n) is 6.60. The molecule has 1 fully saturated rings. The minimum atomic E-state index is -1.35. The van der Waals surface area contributed by atoms with Gasteiger partial charge < -0.3 is 10.0 Å². The van der Waals surface area contributed by atoms with Gasteiger partial charge in [0.15, 0.2) is 0 Å². The number of carbonyl (C=O) groups is 2. The van der Waals surface area contributed by atoms with Crippen LogP contribution in [-0.2, 0) is 16.0 Å². The van der Waals surface area contributed by atoms with Crippen molar-refractivity contribution < 1.29 is 14.7 Å². The SMILES string of the molecule is CN1CCC(c2ccccc2CC(=O)C(=O)O)CC1. The first kappa shape index (κ1) is 13.7. The van der Waals surface area contributed by atoms with E-state index in [1.54, 1.807) is 0 Å². The maximum atomic E-state index is 11.4. The molecule has 0 bridgehead atoms. The molecule has 0 amide bonds. The quantitative estimate of drug-likeness (QED) is 0.838. The summed E-state index contributed by atoms with van der Waals surface area (Å²) in [4.78, 5) is 24.4. The van der Waals surface area contributed by atoms with Gasteiger partial charge in [-0.05, 0) is 50.0 Å². The number of piperidine rings is 1. The van der Waals surface area contributed by atoms with E-state index in [9.17, 15) is 9.59 Å². The fourth-order valence-electron chi connectivity index (χ4n) is 2.66. The summed E-state index contributed by atoms with van der Waals surface area (Å²) >= 11 is 0. The van der Waals surface area contributed by atoms with Crippen LogP contribution in [0.2, 0.25) is 0 Å². The number of hydrogen-bond donors (Lipinski definition) is 1. The second-order valence-electron chi connectivity index (χ2n) is 5.18. The van der Waals surface area contributed by atoms with Crippen molar-refractivity contribution in [2.45, 2.75) is 25.2 Å². The van der Waals surface area contributed by atoms with Crippen molar-refractivity contribution in [1.29, 1.82) is 0 Å². The molecule has 1 aromatic carbocycles. The molecule has 0 saturated carbocycles. The summed E-state index contributed by atoms with van der Waals surface area (Å²) in [6.07, 6.45) is 2.13. The summed E-state index contributed by atoms with van der Waals surface area (Å²) in [7, 11) is 2.11. The molecule has 2 rings (SSSR count). The Balaban J connectivity index is 2.16. The first-order valence-corrected chi connectivity index (χ1v) is 6.60. The molecule has 1 aliphatic heterocycles. The molecule has 0 unspecified atom stereocenters. The molecule has 1 saturated heterocycles. The number of carboxylic acids is 1. The number of benzene rings is 1. The number of carboxylic acid groups (broad SMARTS) is 1. The van der Waals surface area contributed by atoms with Crippen LogP contribution in [0.15, 0.2) is 24.3 Å². The van der Waals surface area contributed by atoms with Crippen LogP contribution in [0.5, 0.6) is 0 Å². The van der Waals surface area contributed by atoms with Crippen LogP contribution in [0.1, 0.15) is 29.9 Å². The van der Waals surface area contributed by atoms with Crippen LogP contribution in [0.4, 0.5) is 0 Å². The summed E-state index contributed by atoms with van der Waals surface area (Å²) < 4.78 is 0. The number of hydrogen-bond acceptors (Lipinski definition) is 3. The van der Waals surface area contributed by atoms with Gasteiger partial charge in [0.25, 0.3) is 0 Å². The Morgan fingerprint density at radius 2 is 1.89 bits per heavy atom. The molecule has 1 aliphatic rings. The van der Waals surface area contributed by atoms with Crippen molar-refractivity contribution in [2.75, 3.05) is 20.1 Å². The van der Waals surface area contributed by atoms with E-state index in [1.807, 2.05) is 24.3 Å². The van der Waals surface area contributed by atoms with E-state index in [2.05, 4.69) is 11.9 Å². The van der Waals surface area contributed by atoms with Crippen molar-refractivity contribution in [1.82, 2.24) is 4.90 Å². The van der Waals surface area contributed by atoms with Crippen LogP contribution in [0.25, 0.3) is 0 Å². The van der Waals surface area contributed by atoms with Crippen molar-refractivity contribution in [3.05, 3.63) is 35.4 Å². The largest absolute Gasteiger partial charge is 0.475 e. The van der Waals surface area contributed by atoms with Crippen molar-refractivity contribution in [3.8, 4) is 0 Å². The van der Waals surface area contributed by atoms with Crippen molar-refractivity contribution in [2.24, 2.45) is 0 Å². The Labute approximate surface area is 113 Å². The molecule has 1 N–H and O–H groups in total. The number of aliphatic carboxylic acids is 1. The summed E-state index contributed by atoms with van der Waals surface area (Å²) in [6.45, 7) is 2.09. The Bertz CT molecular complexity index is 476. The van der Waals surface area contributed by atoms with E-state index in [1.165, 1.54) is 0 Å². The van der Waals surface area contributed by atoms with Crippen LogP contribution >= 0.6 is 0 Å². The van der Waals surface area contributed by atoms with E-state index in [0.29, 0.717) is 5.92 Å². The molecule has 0 aliphatic carbocycles. The molecule has 4 heteroatoms. The van der Waals surface area contributed by atoms with Crippen LogP contribution < -0.4 is 0 Å². The minimum Gasteiger partial charge on any atom is -0.475 e. The molecule has 1 heterocycles. The molecular formula is C15H19NO3. The predicted molar refractivity (Wildman–Crippen MR) is 72.3 cm³/mol. The highest BCUT2D eigenvalue weighted by molar-refractivity contribution is 6.33. The summed E-state index contributed by atoms with van der Waals surface area (Å²) in [6, 6.07) is 7.72. The van der Waals surface area contributed by atoms with Gasteiger partial charge in [-0.25, -0.2) is 4.79 Å². The van der Waals surface area contributed by atoms with Gasteiger partial charge in [0, 0.05) is 6.42 Å². The zero-order chi connectivity index (χ0) is 13.8. The van der Waals surface area contributed by atoms with Gasteiger partial charge >= 0.3 is 5.97 Å². The lowest BCUT2D eigenvalue weighted by molar-refractivity contribution is -0.148. The second-order valence-corrected chi connectivity index (χ2v) is 5.18. The Morgan fingerprint density at radius 3 is 2.53 bits per heavy atom. The second kappa shape index (κ2) is 5.97. The lowest BCUT2D eigenvalue weighted by Crippen LogP contribution is -2.29. The highest BCUT2D eigenvalue weighted by atomic mass is 16.4. The smallest absolute Gasteiger partial charge is 0.372 e. The van der Waals surface area contributed by atoms with Crippen LogP contribution in [0, 0.1) is 0 Å². The van der Waals surface area contributed by atoms with Crippen LogP contribution in [-0.4, -0.2) is 41.9 Å². The van der Waals surface area contributed by atoms with Gasteiger partial charge in [-0.1, -0.05) is 24.3 Å². The maximum absolute atomic E-state index is 11.4. The zero-order valence-corrected chi connectivity index (χ0v) is 11.1. The Kier molecular flexibility index (Phi) is 4.32. The monoisotopic (exact) mass is 261 g/mol. The normalized spacial score (nSPS) is 17.3. The first-order chi connectivity index (χ1) is 9.08. The molecular weight excluding hydrogens is 242 g/mol. The standard InChI is InChI=1S/C15H19NO3/c1-16-8-6-11(7-9-16)13-5-3-2-4-12(13)10-14(17)15(18)19/h2-5,11H,6-10H2,1H3,(H,18,19). The van der Waals surface area contributed by atoms with Gasteiger partial charge in [-0.15, -0.1) is 0 Å². The van der Waals surface area contributed by atoms with E-state index < -0.39 is 11.8 Å². The third-order valence-electron chi connectivity index (χ3n) is 3.80. The number of carbonyl (C=O) groups excluding carboxylic acids is 1. The van der Waals surface area contributed by atoms with Gasteiger partial charge in [0.2, 0.25) is 5.78 Å². The number of Topliss-reactive ketones (excluding diaryl/α,β-unsaturated/α-hetero) is 1. The highest BCUT2D eigenvalue weighted by Gasteiger charge is 2.22. The fourth-order valence-corrected chi connectivity index (χ4v) is 2.66.